The predicted octanol–water partition coefficient (Wildman–Crippen LogP) is 2.90. The standard InChI is InChI=1S/C20H23N3O4/c1-13(2)7-9-22-18(24)14-8-10-21-17(12-14)19(25)23-16-6-4-5-15(11-16)20(26)27-3/h4-6,8,10-13H,7,9H2,1-3H3,(H,22,24)(H,23,25). The predicted molar refractivity (Wildman–Crippen MR) is 102 cm³/mol. The van der Waals surface area contributed by atoms with Crippen LogP contribution in [0.3, 0.4) is 0 Å². The molecule has 2 N–H and O–H groups in total. The Morgan fingerprint density at radius 3 is 2.56 bits per heavy atom. The van der Waals surface area contributed by atoms with E-state index >= 15 is 0 Å². The van der Waals surface area contributed by atoms with Gasteiger partial charge in [0.25, 0.3) is 11.8 Å². The van der Waals surface area contributed by atoms with Gasteiger partial charge in [0.05, 0.1) is 12.7 Å². The summed E-state index contributed by atoms with van der Waals surface area (Å²) in [4.78, 5) is 40.2. The molecule has 142 valence electrons. The zero-order chi connectivity index (χ0) is 19.8. The first kappa shape index (κ1) is 20.1. The molecule has 1 aromatic heterocycles. The van der Waals surface area contributed by atoms with Crippen LogP contribution in [0.4, 0.5) is 5.69 Å². The number of hydrogen-bond acceptors (Lipinski definition) is 5. The lowest BCUT2D eigenvalue weighted by molar-refractivity contribution is 0.0600. The number of methoxy groups -OCH3 is 1. The van der Waals surface area contributed by atoms with Gasteiger partial charge in [0.2, 0.25) is 0 Å². The first-order valence-electron chi connectivity index (χ1n) is 8.64. The van der Waals surface area contributed by atoms with Crippen LogP contribution in [0.2, 0.25) is 0 Å². The van der Waals surface area contributed by atoms with E-state index in [1.165, 1.54) is 25.4 Å². The SMILES string of the molecule is COC(=O)c1cccc(NC(=O)c2cc(C(=O)NCCC(C)C)ccn2)c1. The largest absolute Gasteiger partial charge is 0.465 e. The van der Waals surface area contributed by atoms with E-state index in [0.717, 1.165) is 6.42 Å². The third-order valence-corrected chi connectivity index (χ3v) is 3.80. The second-order valence-electron chi connectivity index (χ2n) is 6.39. The van der Waals surface area contributed by atoms with E-state index in [4.69, 9.17) is 0 Å². The Kier molecular flexibility index (Phi) is 7.05. The van der Waals surface area contributed by atoms with Crippen LogP contribution in [0.15, 0.2) is 42.6 Å². The molecular formula is C20H23N3O4. The van der Waals surface area contributed by atoms with E-state index in [1.54, 1.807) is 24.3 Å². The molecule has 2 aromatic rings. The number of anilines is 1. The molecule has 0 radical (unpaired) electrons. The van der Waals surface area contributed by atoms with E-state index in [9.17, 15) is 14.4 Å². The van der Waals surface area contributed by atoms with E-state index in [2.05, 4.69) is 34.2 Å². The number of benzene rings is 1. The molecule has 2 rings (SSSR count). The maximum atomic E-state index is 12.4. The van der Waals surface area contributed by atoms with Crippen molar-refractivity contribution in [2.75, 3.05) is 19.0 Å². The molecule has 0 saturated heterocycles. The van der Waals surface area contributed by atoms with Crippen LogP contribution < -0.4 is 10.6 Å². The highest BCUT2D eigenvalue weighted by Crippen LogP contribution is 2.13. The third kappa shape index (κ3) is 5.91. The van der Waals surface area contributed by atoms with E-state index in [-0.39, 0.29) is 11.6 Å². The number of pyridine rings is 1. The molecule has 1 aromatic carbocycles. The molecule has 1 heterocycles. The molecule has 27 heavy (non-hydrogen) atoms. The van der Waals surface area contributed by atoms with Crippen molar-refractivity contribution in [1.29, 1.82) is 0 Å². The summed E-state index contributed by atoms with van der Waals surface area (Å²) < 4.78 is 4.66. The van der Waals surface area contributed by atoms with Crippen LogP contribution in [0.5, 0.6) is 0 Å². The fourth-order valence-electron chi connectivity index (χ4n) is 2.31. The van der Waals surface area contributed by atoms with Crippen molar-refractivity contribution < 1.29 is 19.1 Å². The molecule has 2 amide bonds. The van der Waals surface area contributed by atoms with Crippen molar-refractivity contribution >= 4 is 23.5 Å². The quantitative estimate of drug-likeness (QED) is 0.732. The lowest BCUT2D eigenvalue weighted by Gasteiger charge is -2.09. The lowest BCUT2D eigenvalue weighted by Crippen LogP contribution is -2.26. The number of amides is 2. The monoisotopic (exact) mass is 369 g/mol. The Hall–Kier alpha value is -3.22. The van der Waals surface area contributed by atoms with Crippen LogP contribution in [-0.4, -0.2) is 36.4 Å². The first-order chi connectivity index (χ1) is 12.9. The molecular weight excluding hydrogens is 346 g/mol. The second kappa shape index (κ2) is 9.47. The molecule has 0 bridgehead atoms. The van der Waals surface area contributed by atoms with E-state index < -0.39 is 11.9 Å². The normalized spacial score (nSPS) is 10.4. The van der Waals surface area contributed by atoms with Crippen molar-refractivity contribution in [2.24, 2.45) is 5.92 Å². The molecule has 0 atom stereocenters. The van der Waals surface area contributed by atoms with Gasteiger partial charge in [-0.3, -0.25) is 14.6 Å². The zero-order valence-corrected chi connectivity index (χ0v) is 15.6. The van der Waals surface area contributed by atoms with E-state index in [0.29, 0.717) is 29.3 Å². The highest BCUT2D eigenvalue weighted by molar-refractivity contribution is 6.05. The molecule has 0 unspecified atom stereocenters. The van der Waals surface area contributed by atoms with Gasteiger partial charge in [-0.1, -0.05) is 19.9 Å². The zero-order valence-electron chi connectivity index (χ0n) is 15.6. The molecule has 0 aliphatic carbocycles. The molecule has 0 spiro atoms. The average Bonchev–Trinajstić information content (AvgIpc) is 2.67. The topological polar surface area (TPSA) is 97.4 Å². The van der Waals surface area contributed by atoms with Gasteiger partial charge in [0.1, 0.15) is 5.69 Å². The molecule has 7 heteroatoms. The minimum atomic E-state index is -0.496. The fourth-order valence-corrected chi connectivity index (χ4v) is 2.31. The molecule has 0 fully saturated rings. The summed E-state index contributed by atoms with van der Waals surface area (Å²) in [6, 6.07) is 9.36. The van der Waals surface area contributed by atoms with Crippen LogP contribution in [-0.2, 0) is 4.74 Å². The van der Waals surface area contributed by atoms with Crippen LogP contribution in [0.1, 0.15) is 51.5 Å². The first-order valence-corrected chi connectivity index (χ1v) is 8.64. The number of nitrogens with zero attached hydrogens (tertiary/aromatic N) is 1. The molecule has 0 saturated carbocycles. The van der Waals surface area contributed by atoms with Gasteiger partial charge in [0.15, 0.2) is 0 Å². The summed E-state index contributed by atoms with van der Waals surface area (Å²) in [5, 5.41) is 5.48. The highest BCUT2D eigenvalue weighted by Gasteiger charge is 2.13. The van der Waals surface area contributed by atoms with Gasteiger partial charge in [-0.25, -0.2) is 4.79 Å². The highest BCUT2D eigenvalue weighted by atomic mass is 16.5. The van der Waals surface area contributed by atoms with Gasteiger partial charge in [0, 0.05) is 24.0 Å². The van der Waals surface area contributed by atoms with Crippen molar-refractivity contribution in [3.63, 3.8) is 0 Å². The van der Waals surface area contributed by atoms with Crippen LogP contribution in [0, 0.1) is 5.92 Å². The van der Waals surface area contributed by atoms with Crippen LogP contribution >= 0.6 is 0 Å². The number of hydrogen-bond donors (Lipinski definition) is 2. The summed E-state index contributed by atoms with van der Waals surface area (Å²) >= 11 is 0. The third-order valence-electron chi connectivity index (χ3n) is 3.80. The Morgan fingerprint density at radius 1 is 1.07 bits per heavy atom. The number of nitrogens with one attached hydrogen (secondary N) is 2. The van der Waals surface area contributed by atoms with Crippen molar-refractivity contribution in [1.82, 2.24) is 10.3 Å². The summed E-state index contributed by atoms with van der Waals surface area (Å²) in [5.41, 5.74) is 1.22. The second-order valence-corrected chi connectivity index (χ2v) is 6.39. The van der Waals surface area contributed by atoms with Crippen molar-refractivity contribution in [3.05, 3.63) is 59.4 Å². The van der Waals surface area contributed by atoms with Crippen LogP contribution in [0.25, 0.3) is 0 Å². The summed E-state index contributed by atoms with van der Waals surface area (Å²) in [5.74, 6) is -0.734. The number of esters is 1. The number of rotatable bonds is 7. The number of ether oxygens (including phenoxy) is 1. The average molecular weight is 369 g/mol. The summed E-state index contributed by atoms with van der Waals surface area (Å²) in [7, 11) is 1.29. The maximum absolute atomic E-state index is 12.4. The lowest BCUT2D eigenvalue weighted by atomic mass is 10.1. The van der Waals surface area contributed by atoms with Gasteiger partial charge in [-0.2, -0.15) is 0 Å². The van der Waals surface area contributed by atoms with E-state index in [1.807, 2.05) is 0 Å². The van der Waals surface area contributed by atoms with Crippen molar-refractivity contribution in [3.8, 4) is 0 Å². The van der Waals surface area contributed by atoms with Gasteiger partial charge in [-0.05, 0) is 42.7 Å². The molecule has 0 aliphatic rings. The Balaban J connectivity index is 2.07. The van der Waals surface area contributed by atoms with Gasteiger partial charge < -0.3 is 15.4 Å². The molecule has 0 aliphatic heterocycles. The summed E-state index contributed by atoms with van der Waals surface area (Å²) in [6.07, 6.45) is 2.29. The van der Waals surface area contributed by atoms with Gasteiger partial charge >= 0.3 is 5.97 Å². The summed E-state index contributed by atoms with van der Waals surface area (Å²) in [6.45, 7) is 4.73. The number of aromatic nitrogens is 1. The number of carbonyl (C=O) groups excluding carboxylic acids is 3. The number of carbonyl (C=O) groups is 3. The van der Waals surface area contributed by atoms with Crippen molar-refractivity contribution in [2.45, 2.75) is 20.3 Å². The smallest absolute Gasteiger partial charge is 0.337 e. The Bertz CT molecular complexity index is 833. The van der Waals surface area contributed by atoms with Gasteiger partial charge in [-0.15, -0.1) is 0 Å². The fraction of sp³-hybridized carbons (Fsp3) is 0.300. The Labute approximate surface area is 158 Å². The Morgan fingerprint density at radius 2 is 1.85 bits per heavy atom. The minimum Gasteiger partial charge on any atom is -0.465 e. The molecule has 7 nitrogen and oxygen atoms in total. The minimum absolute atomic E-state index is 0.106. The maximum Gasteiger partial charge on any atom is 0.337 e.